The van der Waals surface area contributed by atoms with Gasteiger partial charge in [0.25, 0.3) is 0 Å². The van der Waals surface area contributed by atoms with Gasteiger partial charge in [-0.3, -0.25) is 0 Å². The Labute approximate surface area is 124 Å². The van der Waals surface area contributed by atoms with Crippen molar-refractivity contribution in [3.8, 4) is 10.6 Å². The quantitative estimate of drug-likeness (QED) is 0.894. The largest absolute Gasteiger partial charge is 0.315 e. The molecule has 0 spiro atoms. The van der Waals surface area contributed by atoms with Crippen molar-refractivity contribution in [1.82, 2.24) is 10.3 Å². The zero-order chi connectivity index (χ0) is 14.7. The van der Waals surface area contributed by atoms with Gasteiger partial charge in [-0.2, -0.15) is 0 Å². The lowest BCUT2D eigenvalue weighted by molar-refractivity contribution is 0.627. The van der Waals surface area contributed by atoms with E-state index in [0.29, 0.717) is 11.5 Å². The van der Waals surface area contributed by atoms with Gasteiger partial charge in [-0.05, 0) is 38.4 Å². The van der Waals surface area contributed by atoms with Crippen LogP contribution in [0.5, 0.6) is 0 Å². The Hall–Kier alpha value is -1.26. The fourth-order valence-electron chi connectivity index (χ4n) is 2.15. The first-order valence-electron chi connectivity index (χ1n) is 6.91. The lowest BCUT2D eigenvalue weighted by Crippen LogP contribution is -2.07. The normalized spacial score (nSPS) is 11.3. The highest BCUT2D eigenvalue weighted by atomic mass is 32.1. The van der Waals surface area contributed by atoms with Gasteiger partial charge in [0, 0.05) is 17.0 Å². The van der Waals surface area contributed by atoms with Crippen LogP contribution in [0.15, 0.2) is 18.2 Å². The number of nitrogens with one attached hydrogen (secondary N) is 1. The monoisotopic (exact) mass is 292 g/mol. The van der Waals surface area contributed by atoms with Crippen LogP contribution in [0.1, 0.15) is 30.0 Å². The van der Waals surface area contributed by atoms with Gasteiger partial charge in [0.15, 0.2) is 0 Å². The molecule has 0 aliphatic heterocycles. The first-order chi connectivity index (χ1) is 9.51. The average molecular weight is 292 g/mol. The Morgan fingerprint density at radius 1 is 1.35 bits per heavy atom. The summed E-state index contributed by atoms with van der Waals surface area (Å²) in [6, 6.07) is 5.18. The Morgan fingerprint density at radius 3 is 2.75 bits per heavy atom. The van der Waals surface area contributed by atoms with Crippen molar-refractivity contribution in [2.75, 3.05) is 7.05 Å². The van der Waals surface area contributed by atoms with Crippen LogP contribution in [0.3, 0.4) is 0 Å². The molecule has 0 fully saturated rings. The van der Waals surface area contributed by atoms with Gasteiger partial charge in [0.05, 0.1) is 5.69 Å². The summed E-state index contributed by atoms with van der Waals surface area (Å²) >= 11 is 1.59. The minimum Gasteiger partial charge on any atom is -0.315 e. The Kier molecular flexibility index (Phi) is 4.89. The molecular formula is C16H21FN2S. The van der Waals surface area contributed by atoms with E-state index >= 15 is 0 Å². The van der Waals surface area contributed by atoms with Crippen molar-refractivity contribution in [2.24, 2.45) is 5.92 Å². The number of rotatable bonds is 5. The summed E-state index contributed by atoms with van der Waals surface area (Å²) in [5.41, 5.74) is 2.76. The van der Waals surface area contributed by atoms with Crippen molar-refractivity contribution in [2.45, 2.75) is 33.7 Å². The maximum Gasteiger partial charge on any atom is 0.133 e. The highest BCUT2D eigenvalue weighted by Gasteiger charge is 2.15. The fourth-order valence-corrected chi connectivity index (χ4v) is 3.27. The standard InChI is InChI=1S/C16H21FN2S/c1-10(2)7-14-15(9-18-4)20-16(19-14)12-8-11(3)5-6-13(12)17/h5-6,8,10,18H,7,9H2,1-4H3. The number of hydrogen-bond donors (Lipinski definition) is 1. The Morgan fingerprint density at radius 2 is 2.10 bits per heavy atom. The number of halogens is 1. The van der Waals surface area contributed by atoms with Crippen molar-refractivity contribution in [1.29, 1.82) is 0 Å². The van der Waals surface area contributed by atoms with Gasteiger partial charge in [-0.1, -0.05) is 25.5 Å². The molecule has 0 unspecified atom stereocenters. The lowest BCUT2D eigenvalue weighted by atomic mass is 10.1. The van der Waals surface area contributed by atoms with E-state index in [9.17, 15) is 4.39 Å². The molecular weight excluding hydrogens is 271 g/mol. The molecule has 0 aliphatic rings. The fraction of sp³-hybridized carbons (Fsp3) is 0.438. The van der Waals surface area contributed by atoms with Crippen LogP contribution >= 0.6 is 11.3 Å². The lowest BCUT2D eigenvalue weighted by Gasteiger charge is -2.04. The van der Waals surface area contributed by atoms with Gasteiger partial charge < -0.3 is 5.32 Å². The molecule has 4 heteroatoms. The zero-order valence-corrected chi connectivity index (χ0v) is 13.3. The number of nitrogens with zero attached hydrogens (tertiary/aromatic N) is 1. The molecule has 20 heavy (non-hydrogen) atoms. The number of benzene rings is 1. The highest BCUT2D eigenvalue weighted by Crippen LogP contribution is 2.31. The number of aryl methyl sites for hydroxylation is 1. The molecule has 0 bridgehead atoms. The Bertz CT molecular complexity index is 590. The maximum absolute atomic E-state index is 14.0. The van der Waals surface area contributed by atoms with Crippen LogP contribution in [-0.4, -0.2) is 12.0 Å². The zero-order valence-electron chi connectivity index (χ0n) is 12.5. The topological polar surface area (TPSA) is 24.9 Å². The third kappa shape index (κ3) is 3.44. The van der Waals surface area contributed by atoms with Gasteiger partial charge in [-0.25, -0.2) is 9.37 Å². The molecule has 2 nitrogen and oxygen atoms in total. The molecule has 108 valence electrons. The minimum absolute atomic E-state index is 0.198. The average Bonchev–Trinajstić information content (AvgIpc) is 2.75. The SMILES string of the molecule is CNCc1sc(-c2cc(C)ccc2F)nc1CC(C)C. The summed E-state index contributed by atoms with van der Waals surface area (Å²) in [4.78, 5) is 5.89. The molecule has 0 saturated carbocycles. The molecule has 1 aromatic carbocycles. The van der Waals surface area contributed by atoms with Gasteiger partial charge in [-0.15, -0.1) is 11.3 Å². The van der Waals surface area contributed by atoms with Crippen LogP contribution in [0.4, 0.5) is 4.39 Å². The van der Waals surface area contributed by atoms with E-state index in [1.54, 1.807) is 17.4 Å². The van der Waals surface area contributed by atoms with Crippen molar-refractivity contribution < 1.29 is 4.39 Å². The Balaban J connectivity index is 2.44. The summed E-state index contributed by atoms with van der Waals surface area (Å²) in [5.74, 6) is 0.347. The van der Waals surface area contributed by atoms with E-state index in [1.165, 1.54) is 10.9 Å². The second-order valence-corrected chi connectivity index (χ2v) is 6.58. The smallest absolute Gasteiger partial charge is 0.133 e. The first kappa shape index (κ1) is 15.1. The molecule has 0 atom stereocenters. The summed E-state index contributed by atoms with van der Waals surface area (Å²) in [6.07, 6.45) is 0.931. The molecule has 1 heterocycles. The molecule has 2 aromatic rings. The molecule has 0 radical (unpaired) electrons. The number of thiazole rings is 1. The third-order valence-electron chi connectivity index (χ3n) is 3.07. The second-order valence-electron chi connectivity index (χ2n) is 5.50. The van der Waals surface area contributed by atoms with Gasteiger partial charge in [0.1, 0.15) is 10.8 Å². The second kappa shape index (κ2) is 6.46. The summed E-state index contributed by atoms with van der Waals surface area (Å²) in [6.45, 7) is 7.11. The van der Waals surface area contributed by atoms with E-state index in [-0.39, 0.29) is 5.82 Å². The van der Waals surface area contributed by atoms with E-state index in [4.69, 9.17) is 0 Å². The van der Waals surface area contributed by atoms with E-state index in [2.05, 4.69) is 24.1 Å². The molecule has 0 amide bonds. The van der Waals surface area contributed by atoms with E-state index < -0.39 is 0 Å². The molecule has 0 saturated heterocycles. The van der Waals surface area contributed by atoms with Crippen molar-refractivity contribution >= 4 is 11.3 Å². The van der Waals surface area contributed by atoms with Crippen molar-refractivity contribution in [3.63, 3.8) is 0 Å². The summed E-state index contributed by atoms with van der Waals surface area (Å²) in [7, 11) is 1.92. The maximum atomic E-state index is 14.0. The van der Waals surface area contributed by atoms with Crippen LogP contribution in [0.25, 0.3) is 10.6 Å². The van der Waals surface area contributed by atoms with E-state index in [0.717, 1.165) is 29.2 Å². The third-order valence-corrected chi connectivity index (χ3v) is 4.20. The number of aromatic nitrogens is 1. The number of hydrogen-bond acceptors (Lipinski definition) is 3. The first-order valence-corrected chi connectivity index (χ1v) is 7.72. The highest BCUT2D eigenvalue weighted by molar-refractivity contribution is 7.15. The van der Waals surface area contributed by atoms with Crippen molar-refractivity contribution in [3.05, 3.63) is 40.2 Å². The molecule has 1 N–H and O–H groups in total. The summed E-state index contributed by atoms with van der Waals surface area (Å²) in [5, 5.41) is 3.95. The van der Waals surface area contributed by atoms with Gasteiger partial charge >= 0.3 is 0 Å². The minimum atomic E-state index is -0.198. The predicted octanol–water partition coefficient (Wildman–Crippen LogP) is 4.18. The molecule has 2 rings (SSSR count). The van der Waals surface area contributed by atoms with E-state index in [1.807, 2.05) is 20.0 Å². The van der Waals surface area contributed by atoms with Gasteiger partial charge in [0.2, 0.25) is 0 Å². The van der Waals surface area contributed by atoms with Crippen LogP contribution < -0.4 is 5.32 Å². The van der Waals surface area contributed by atoms with Crippen LogP contribution in [0.2, 0.25) is 0 Å². The predicted molar refractivity (Wildman–Crippen MR) is 83.6 cm³/mol. The molecule has 1 aromatic heterocycles. The van der Waals surface area contributed by atoms with Crippen LogP contribution in [0, 0.1) is 18.7 Å². The molecule has 0 aliphatic carbocycles. The van der Waals surface area contributed by atoms with Crippen LogP contribution in [-0.2, 0) is 13.0 Å². The summed E-state index contributed by atoms with van der Waals surface area (Å²) < 4.78 is 14.0.